The molecule has 1 fully saturated rings. The molecule has 0 radical (unpaired) electrons. The molecule has 0 atom stereocenters. The summed E-state index contributed by atoms with van der Waals surface area (Å²) >= 11 is 2.20. The maximum Gasteiger partial charge on any atom is 0.409 e. The van der Waals surface area contributed by atoms with Crippen molar-refractivity contribution in [2.24, 2.45) is 0 Å². The molecule has 0 aliphatic carbocycles. The van der Waals surface area contributed by atoms with Crippen molar-refractivity contribution in [3.63, 3.8) is 0 Å². The van der Waals surface area contributed by atoms with Crippen LogP contribution in [0, 0.1) is 3.57 Å². The monoisotopic (exact) mass is 417 g/mol. The second-order valence-electron chi connectivity index (χ2n) is 5.07. The fourth-order valence-corrected chi connectivity index (χ4v) is 2.88. The number of hydrogen-bond donors (Lipinski definition) is 2. The van der Waals surface area contributed by atoms with Crippen molar-refractivity contribution in [2.45, 2.75) is 25.8 Å². The van der Waals surface area contributed by atoms with Gasteiger partial charge >= 0.3 is 12.1 Å². The molecule has 0 aromatic heterocycles. The van der Waals surface area contributed by atoms with E-state index in [2.05, 4.69) is 33.2 Å². The third-order valence-electron chi connectivity index (χ3n) is 3.44. The Labute approximate surface area is 143 Å². The Bertz CT molecular complexity index is 531. The highest BCUT2D eigenvalue weighted by Crippen LogP contribution is 2.14. The van der Waals surface area contributed by atoms with Gasteiger partial charge in [-0.2, -0.15) is 0 Å². The minimum Gasteiger partial charge on any atom is -0.450 e. The number of ether oxygens (including phenoxy) is 1. The zero-order valence-corrected chi connectivity index (χ0v) is 14.6. The summed E-state index contributed by atoms with van der Waals surface area (Å²) in [5.41, 5.74) is 0.772. The standard InChI is InChI=1S/C15H20IN3O3/c1-2-22-15(21)19-8-6-12(7-9-19)17-14(20)18-13-5-3-4-11(16)10-13/h3-5,10,12H,2,6-9H2,1H3,(H2,17,18,20). The van der Waals surface area contributed by atoms with Gasteiger partial charge in [0.15, 0.2) is 0 Å². The molecule has 1 saturated heterocycles. The van der Waals surface area contributed by atoms with Crippen LogP contribution in [0.1, 0.15) is 19.8 Å². The number of urea groups is 1. The summed E-state index contributed by atoms with van der Waals surface area (Å²) in [4.78, 5) is 25.3. The maximum absolute atomic E-state index is 12.0. The van der Waals surface area contributed by atoms with Gasteiger partial charge in [-0.15, -0.1) is 0 Å². The first kappa shape index (κ1) is 16.9. The van der Waals surface area contributed by atoms with Crippen molar-refractivity contribution < 1.29 is 14.3 Å². The first-order chi connectivity index (χ1) is 10.6. The molecule has 2 rings (SSSR count). The summed E-state index contributed by atoms with van der Waals surface area (Å²) in [7, 11) is 0. The molecule has 2 N–H and O–H groups in total. The van der Waals surface area contributed by atoms with Gasteiger partial charge in [0.2, 0.25) is 0 Å². The van der Waals surface area contributed by atoms with E-state index in [-0.39, 0.29) is 18.2 Å². The van der Waals surface area contributed by atoms with Crippen LogP contribution in [0.4, 0.5) is 15.3 Å². The Balaban J connectivity index is 1.76. The molecule has 1 aromatic carbocycles. The average molecular weight is 417 g/mol. The molecule has 0 spiro atoms. The number of benzene rings is 1. The van der Waals surface area contributed by atoms with Gasteiger partial charge < -0.3 is 20.3 Å². The van der Waals surface area contributed by atoms with Crippen LogP contribution in [0.5, 0.6) is 0 Å². The van der Waals surface area contributed by atoms with Crippen molar-refractivity contribution in [3.8, 4) is 0 Å². The van der Waals surface area contributed by atoms with Gasteiger partial charge in [0.25, 0.3) is 0 Å². The number of rotatable bonds is 3. The van der Waals surface area contributed by atoms with Crippen LogP contribution in [0.3, 0.4) is 0 Å². The summed E-state index contributed by atoms with van der Waals surface area (Å²) < 4.78 is 6.04. The molecule has 0 unspecified atom stereocenters. The second-order valence-corrected chi connectivity index (χ2v) is 6.31. The van der Waals surface area contributed by atoms with Crippen LogP contribution in [0.15, 0.2) is 24.3 Å². The minimum atomic E-state index is -0.274. The predicted octanol–water partition coefficient (Wildman–Crippen LogP) is 3.03. The summed E-state index contributed by atoms with van der Waals surface area (Å²) in [6.07, 6.45) is 1.20. The number of nitrogens with zero attached hydrogens (tertiary/aromatic N) is 1. The van der Waals surface area contributed by atoms with Crippen molar-refractivity contribution >= 4 is 40.4 Å². The Morgan fingerprint density at radius 3 is 2.73 bits per heavy atom. The fourth-order valence-electron chi connectivity index (χ4n) is 2.34. The second kappa shape index (κ2) is 8.21. The Kier molecular flexibility index (Phi) is 6.29. The van der Waals surface area contributed by atoms with Crippen molar-refractivity contribution in [2.75, 3.05) is 25.0 Å². The van der Waals surface area contributed by atoms with E-state index in [1.165, 1.54) is 0 Å². The molecule has 120 valence electrons. The van der Waals surface area contributed by atoms with Gasteiger partial charge in [0.1, 0.15) is 0 Å². The molecular weight excluding hydrogens is 397 g/mol. The fraction of sp³-hybridized carbons (Fsp3) is 0.467. The number of likely N-dealkylation sites (tertiary alicyclic amines) is 1. The molecule has 1 heterocycles. The normalized spacial score (nSPS) is 15.3. The van der Waals surface area contributed by atoms with Gasteiger partial charge in [-0.1, -0.05) is 6.07 Å². The largest absolute Gasteiger partial charge is 0.450 e. The van der Waals surface area contributed by atoms with Gasteiger partial charge in [-0.3, -0.25) is 0 Å². The van der Waals surface area contributed by atoms with E-state index in [1.807, 2.05) is 24.3 Å². The quantitative estimate of drug-likeness (QED) is 0.743. The number of piperidine rings is 1. The summed E-state index contributed by atoms with van der Waals surface area (Å²) in [5, 5.41) is 5.77. The van der Waals surface area contributed by atoms with E-state index >= 15 is 0 Å². The molecule has 1 aliphatic rings. The van der Waals surface area contributed by atoms with Gasteiger partial charge in [-0.05, 0) is 60.6 Å². The summed E-state index contributed by atoms with van der Waals surface area (Å²) in [5.74, 6) is 0. The number of hydrogen-bond acceptors (Lipinski definition) is 3. The molecule has 1 aromatic rings. The van der Waals surface area contributed by atoms with E-state index in [1.54, 1.807) is 11.8 Å². The molecule has 0 bridgehead atoms. The predicted molar refractivity (Wildman–Crippen MR) is 92.9 cm³/mol. The number of carbonyl (C=O) groups is 2. The van der Waals surface area contributed by atoms with Crippen LogP contribution in [-0.4, -0.2) is 42.8 Å². The molecule has 7 heteroatoms. The SMILES string of the molecule is CCOC(=O)N1CCC(NC(=O)Nc2cccc(I)c2)CC1. The van der Waals surface area contributed by atoms with Crippen molar-refractivity contribution in [1.29, 1.82) is 0 Å². The number of anilines is 1. The lowest BCUT2D eigenvalue weighted by Gasteiger charge is -2.31. The van der Waals surface area contributed by atoms with E-state index in [0.717, 1.165) is 22.1 Å². The van der Waals surface area contributed by atoms with E-state index in [0.29, 0.717) is 19.7 Å². The Morgan fingerprint density at radius 2 is 2.09 bits per heavy atom. The third-order valence-corrected chi connectivity index (χ3v) is 4.11. The van der Waals surface area contributed by atoms with Crippen molar-refractivity contribution in [3.05, 3.63) is 27.8 Å². The molecule has 22 heavy (non-hydrogen) atoms. The van der Waals surface area contributed by atoms with Crippen molar-refractivity contribution in [1.82, 2.24) is 10.2 Å². The Hall–Kier alpha value is -1.51. The van der Waals surface area contributed by atoms with E-state index in [4.69, 9.17) is 4.74 Å². The highest BCUT2D eigenvalue weighted by Gasteiger charge is 2.24. The highest BCUT2D eigenvalue weighted by molar-refractivity contribution is 14.1. The minimum absolute atomic E-state index is 0.0773. The smallest absolute Gasteiger partial charge is 0.409 e. The van der Waals surface area contributed by atoms with Crippen LogP contribution in [0.2, 0.25) is 0 Å². The number of carbonyl (C=O) groups excluding carboxylic acids is 2. The lowest BCUT2D eigenvalue weighted by molar-refractivity contribution is 0.0959. The third kappa shape index (κ3) is 5.04. The van der Waals surface area contributed by atoms with E-state index < -0.39 is 0 Å². The summed E-state index contributed by atoms with van der Waals surface area (Å²) in [6, 6.07) is 7.49. The highest BCUT2D eigenvalue weighted by atomic mass is 127. The Morgan fingerprint density at radius 1 is 1.36 bits per heavy atom. The average Bonchev–Trinajstić information content (AvgIpc) is 2.48. The zero-order valence-electron chi connectivity index (χ0n) is 12.5. The van der Waals surface area contributed by atoms with Gasteiger partial charge in [0, 0.05) is 28.4 Å². The van der Waals surface area contributed by atoms with Gasteiger partial charge in [-0.25, -0.2) is 9.59 Å². The summed E-state index contributed by atoms with van der Waals surface area (Å²) in [6.45, 7) is 3.39. The zero-order chi connectivity index (χ0) is 15.9. The van der Waals surface area contributed by atoms with Crippen LogP contribution < -0.4 is 10.6 Å². The molecule has 6 nitrogen and oxygen atoms in total. The number of halogens is 1. The lowest BCUT2D eigenvalue weighted by Crippen LogP contribution is -2.47. The first-order valence-electron chi connectivity index (χ1n) is 7.33. The van der Waals surface area contributed by atoms with Crippen LogP contribution >= 0.6 is 22.6 Å². The van der Waals surface area contributed by atoms with Crippen LogP contribution in [-0.2, 0) is 4.74 Å². The van der Waals surface area contributed by atoms with Crippen LogP contribution in [0.25, 0.3) is 0 Å². The molecule has 3 amide bonds. The molecular formula is C15H20IN3O3. The molecule has 0 saturated carbocycles. The maximum atomic E-state index is 12.0. The van der Waals surface area contributed by atoms with Gasteiger partial charge in [0.05, 0.1) is 6.61 Å². The molecule has 1 aliphatic heterocycles. The first-order valence-corrected chi connectivity index (χ1v) is 8.41. The number of amides is 3. The number of nitrogens with one attached hydrogen (secondary N) is 2. The topological polar surface area (TPSA) is 70.7 Å². The lowest BCUT2D eigenvalue weighted by atomic mass is 10.1. The van der Waals surface area contributed by atoms with E-state index in [9.17, 15) is 9.59 Å².